The van der Waals surface area contributed by atoms with E-state index in [0.717, 1.165) is 11.6 Å². The maximum atomic E-state index is 13.5. The van der Waals surface area contributed by atoms with E-state index in [-0.39, 0.29) is 22.7 Å². The molecule has 0 spiro atoms. The molecule has 0 saturated carbocycles. The summed E-state index contributed by atoms with van der Waals surface area (Å²) >= 11 is 1.57. The van der Waals surface area contributed by atoms with Crippen molar-refractivity contribution in [3.05, 3.63) is 45.4 Å². The smallest absolute Gasteiger partial charge is 0.241 e. The number of aryl methyl sites for hydroxylation is 1. The Bertz CT molecular complexity index is 741. The summed E-state index contributed by atoms with van der Waals surface area (Å²) in [5.41, 5.74) is 7.14. The number of thiophene rings is 1. The summed E-state index contributed by atoms with van der Waals surface area (Å²) in [4.78, 5) is 0.0618. The first-order chi connectivity index (χ1) is 9.83. The molecule has 114 valence electrons. The number of halogens is 1. The number of benzene rings is 1. The highest BCUT2D eigenvalue weighted by Gasteiger charge is 2.22. The van der Waals surface area contributed by atoms with Gasteiger partial charge >= 0.3 is 0 Å². The van der Waals surface area contributed by atoms with Crippen molar-refractivity contribution in [3.63, 3.8) is 0 Å². The minimum Gasteiger partial charge on any atom is -0.396 e. The number of nitrogen functional groups attached to an aromatic ring is 1. The van der Waals surface area contributed by atoms with Crippen molar-refractivity contribution in [2.75, 3.05) is 12.3 Å². The molecule has 0 bridgehead atoms. The Balaban J connectivity index is 2.22. The molecule has 1 heterocycles. The summed E-state index contributed by atoms with van der Waals surface area (Å²) in [6, 6.07) is 3.10. The Morgan fingerprint density at radius 1 is 1.38 bits per heavy atom. The zero-order valence-electron chi connectivity index (χ0n) is 11.8. The summed E-state index contributed by atoms with van der Waals surface area (Å²) < 4.78 is 40.8. The van der Waals surface area contributed by atoms with Crippen molar-refractivity contribution >= 4 is 27.0 Å². The average molecular weight is 328 g/mol. The Morgan fingerprint density at radius 2 is 2.10 bits per heavy atom. The van der Waals surface area contributed by atoms with Crippen LogP contribution in [0.1, 0.15) is 16.7 Å². The second-order valence-corrected chi connectivity index (χ2v) is 7.31. The van der Waals surface area contributed by atoms with Crippen LogP contribution < -0.4 is 10.5 Å². The first kappa shape index (κ1) is 15.9. The lowest BCUT2D eigenvalue weighted by atomic mass is 10.1. The summed E-state index contributed by atoms with van der Waals surface area (Å²) in [5.74, 6) is -0.595. The van der Waals surface area contributed by atoms with Crippen molar-refractivity contribution in [2.24, 2.45) is 0 Å². The topological polar surface area (TPSA) is 72.2 Å². The Hall–Kier alpha value is -1.44. The molecule has 0 amide bonds. The van der Waals surface area contributed by atoms with Crippen molar-refractivity contribution in [2.45, 2.75) is 25.2 Å². The van der Waals surface area contributed by atoms with Gasteiger partial charge in [0.25, 0.3) is 0 Å². The molecule has 0 atom stereocenters. The molecule has 7 heteroatoms. The molecule has 0 radical (unpaired) electrons. The second-order valence-electron chi connectivity index (χ2n) is 4.82. The van der Waals surface area contributed by atoms with Gasteiger partial charge in [0, 0.05) is 6.54 Å². The highest BCUT2D eigenvalue weighted by molar-refractivity contribution is 7.89. The van der Waals surface area contributed by atoms with Gasteiger partial charge in [0.2, 0.25) is 10.0 Å². The summed E-state index contributed by atoms with van der Waals surface area (Å²) in [6.07, 6.45) is 0.609. The quantitative estimate of drug-likeness (QED) is 0.829. The van der Waals surface area contributed by atoms with Crippen molar-refractivity contribution in [1.82, 2.24) is 4.72 Å². The molecule has 0 unspecified atom stereocenters. The maximum absolute atomic E-state index is 13.5. The molecule has 1 aromatic heterocycles. The molecular weight excluding hydrogens is 311 g/mol. The van der Waals surface area contributed by atoms with Gasteiger partial charge in [-0.3, -0.25) is 0 Å². The Kier molecular flexibility index (Phi) is 4.65. The zero-order valence-corrected chi connectivity index (χ0v) is 13.4. The van der Waals surface area contributed by atoms with Crippen molar-refractivity contribution in [3.8, 4) is 0 Å². The lowest BCUT2D eigenvalue weighted by molar-refractivity contribution is 0.579. The number of sulfonamides is 1. The molecule has 1 aromatic carbocycles. The first-order valence-corrected chi connectivity index (χ1v) is 8.81. The van der Waals surface area contributed by atoms with E-state index >= 15 is 0 Å². The van der Waals surface area contributed by atoms with E-state index in [0.29, 0.717) is 12.0 Å². The lowest BCUT2D eigenvalue weighted by Gasteiger charge is -2.14. The van der Waals surface area contributed by atoms with Gasteiger partial charge in [0.1, 0.15) is 5.82 Å². The van der Waals surface area contributed by atoms with Crippen LogP contribution in [0.4, 0.5) is 10.1 Å². The van der Waals surface area contributed by atoms with E-state index in [9.17, 15) is 12.8 Å². The molecule has 3 N–H and O–H groups in total. The Morgan fingerprint density at radius 3 is 2.71 bits per heavy atom. The largest absolute Gasteiger partial charge is 0.396 e. The van der Waals surface area contributed by atoms with E-state index in [1.807, 2.05) is 16.8 Å². The van der Waals surface area contributed by atoms with Gasteiger partial charge in [-0.25, -0.2) is 17.5 Å². The molecule has 0 aliphatic rings. The average Bonchev–Trinajstić information content (AvgIpc) is 2.88. The summed E-state index contributed by atoms with van der Waals surface area (Å²) in [6.45, 7) is 3.36. The SMILES string of the molecule is Cc1cc(F)c(N)c(C)c1S(=O)(=O)NCCc1ccsc1. The van der Waals surface area contributed by atoms with Crippen LogP contribution in [-0.4, -0.2) is 15.0 Å². The fourth-order valence-electron chi connectivity index (χ4n) is 2.18. The summed E-state index contributed by atoms with van der Waals surface area (Å²) in [5, 5.41) is 3.92. The lowest BCUT2D eigenvalue weighted by Crippen LogP contribution is -2.27. The number of nitrogens with one attached hydrogen (secondary N) is 1. The molecule has 4 nitrogen and oxygen atoms in total. The molecule has 0 aliphatic heterocycles. The molecule has 0 fully saturated rings. The highest BCUT2D eigenvalue weighted by Crippen LogP contribution is 2.27. The van der Waals surface area contributed by atoms with Crippen LogP contribution in [0.3, 0.4) is 0 Å². The number of anilines is 1. The third kappa shape index (κ3) is 3.42. The second kappa shape index (κ2) is 6.13. The first-order valence-electron chi connectivity index (χ1n) is 6.39. The van der Waals surface area contributed by atoms with Gasteiger partial charge in [-0.05, 0) is 59.9 Å². The number of hydrogen-bond donors (Lipinski definition) is 2. The number of hydrogen-bond acceptors (Lipinski definition) is 4. The monoisotopic (exact) mass is 328 g/mol. The predicted octanol–water partition coefficient (Wildman–Crippen LogP) is 2.61. The molecule has 0 saturated heterocycles. The van der Waals surface area contributed by atoms with Crippen molar-refractivity contribution in [1.29, 1.82) is 0 Å². The van der Waals surface area contributed by atoms with Crippen molar-refractivity contribution < 1.29 is 12.8 Å². The molecule has 21 heavy (non-hydrogen) atoms. The normalized spacial score (nSPS) is 11.8. The van der Waals surface area contributed by atoms with Crippen LogP contribution in [0, 0.1) is 19.7 Å². The van der Waals surface area contributed by atoms with E-state index < -0.39 is 15.8 Å². The third-order valence-corrected chi connectivity index (χ3v) is 5.74. The number of rotatable bonds is 5. The van der Waals surface area contributed by atoms with E-state index in [1.54, 1.807) is 18.3 Å². The van der Waals surface area contributed by atoms with E-state index in [2.05, 4.69) is 4.72 Å². The fraction of sp³-hybridized carbons (Fsp3) is 0.286. The fourth-order valence-corrected chi connectivity index (χ4v) is 4.39. The van der Waals surface area contributed by atoms with Crippen LogP contribution in [-0.2, 0) is 16.4 Å². The van der Waals surface area contributed by atoms with Crippen LogP contribution in [0.5, 0.6) is 0 Å². The van der Waals surface area contributed by atoms with Crippen LogP contribution in [0.15, 0.2) is 27.8 Å². The minimum absolute atomic E-state index is 0.0618. The van der Waals surface area contributed by atoms with E-state index in [1.165, 1.54) is 6.92 Å². The number of nitrogens with two attached hydrogens (primary N) is 1. The van der Waals surface area contributed by atoms with Gasteiger partial charge in [0.15, 0.2) is 0 Å². The van der Waals surface area contributed by atoms with Gasteiger partial charge in [0.05, 0.1) is 10.6 Å². The zero-order chi connectivity index (χ0) is 15.6. The van der Waals surface area contributed by atoms with Crippen LogP contribution >= 0.6 is 11.3 Å². The molecule has 0 aliphatic carbocycles. The maximum Gasteiger partial charge on any atom is 0.241 e. The van der Waals surface area contributed by atoms with Gasteiger partial charge < -0.3 is 5.73 Å². The standard InChI is InChI=1S/C14H17FN2O2S2/c1-9-7-12(15)13(16)10(2)14(9)21(18,19)17-5-3-11-4-6-20-8-11/h4,6-8,17H,3,5,16H2,1-2H3. The van der Waals surface area contributed by atoms with E-state index in [4.69, 9.17) is 5.73 Å². The van der Waals surface area contributed by atoms with Crippen LogP contribution in [0.2, 0.25) is 0 Å². The molecule has 2 rings (SSSR count). The highest BCUT2D eigenvalue weighted by atomic mass is 32.2. The summed E-state index contributed by atoms with van der Waals surface area (Å²) in [7, 11) is -3.71. The minimum atomic E-state index is -3.71. The van der Waals surface area contributed by atoms with Gasteiger partial charge in [-0.1, -0.05) is 0 Å². The third-order valence-electron chi connectivity index (χ3n) is 3.26. The van der Waals surface area contributed by atoms with Gasteiger partial charge in [-0.2, -0.15) is 11.3 Å². The molecular formula is C14H17FN2O2S2. The Labute approximate surface area is 127 Å². The predicted molar refractivity (Wildman–Crippen MR) is 83.5 cm³/mol. The van der Waals surface area contributed by atoms with Crippen LogP contribution in [0.25, 0.3) is 0 Å². The molecule has 2 aromatic rings. The van der Waals surface area contributed by atoms with Gasteiger partial charge in [-0.15, -0.1) is 0 Å².